The summed E-state index contributed by atoms with van der Waals surface area (Å²) in [5, 5.41) is 4.85. The van der Waals surface area contributed by atoms with Crippen LogP contribution in [0.3, 0.4) is 0 Å². The van der Waals surface area contributed by atoms with Gasteiger partial charge in [-0.05, 0) is 40.5 Å². The summed E-state index contributed by atoms with van der Waals surface area (Å²) < 4.78 is 10.2. The van der Waals surface area contributed by atoms with Crippen LogP contribution in [0.1, 0.15) is 11.1 Å². The fraction of sp³-hybridized carbons (Fsp3) is 0.217. The molecule has 3 aromatic carbocycles. The monoisotopic (exact) mass is 377 g/mol. The molecule has 0 aliphatic heterocycles. The normalized spacial score (nSPS) is 10.5. The van der Waals surface area contributed by atoms with E-state index in [0.717, 1.165) is 27.6 Å². The van der Waals surface area contributed by atoms with E-state index in [1.165, 1.54) is 0 Å². The molecule has 0 unspecified atom stereocenters. The van der Waals surface area contributed by atoms with Crippen LogP contribution in [0.5, 0.6) is 5.75 Å². The molecular formula is C23H23NO4. The van der Waals surface area contributed by atoms with E-state index >= 15 is 0 Å². The Bertz CT molecular complexity index is 945. The molecule has 3 aromatic rings. The number of amides is 1. The molecule has 144 valence electrons. The first kappa shape index (κ1) is 19.4. The lowest BCUT2D eigenvalue weighted by Crippen LogP contribution is -2.30. The van der Waals surface area contributed by atoms with Gasteiger partial charge in [-0.3, -0.25) is 9.59 Å². The number of rotatable bonds is 8. The van der Waals surface area contributed by atoms with E-state index < -0.39 is 5.97 Å². The van der Waals surface area contributed by atoms with Crippen LogP contribution < -0.4 is 10.1 Å². The third kappa shape index (κ3) is 5.33. The predicted molar refractivity (Wildman–Crippen MR) is 108 cm³/mol. The fourth-order valence-corrected chi connectivity index (χ4v) is 2.99. The van der Waals surface area contributed by atoms with E-state index in [1.54, 1.807) is 7.11 Å². The molecule has 0 aliphatic rings. The lowest BCUT2D eigenvalue weighted by Gasteiger charge is -2.08. The molecule has 0 atom stereocenters. The minimum atomic E-state index is -0.415. The number of hydrogen-bond acceptors (Lipinski definition) is 4. The molecular weight excluding hydrogens is 354 g/mol. The first-order valence-electron chi connectivity index (χ1n) is 9.17. The van der Waals surface area contributed by atoms with Gasteiger partial charge in [-0.15, -0.1) is 0 Å². The van der Waals surface area contributed by atoms with Crippen LogP contribution in [0.2, 0.25) is 0 Å². The Morgan fingerprint density at radius 2 is 1.68 bits per heavy atom. The van der Waals surface area contributed by atoms with Crippen LogP contribution >= 0.6 is 0 Å². The van der Waals surface area contributed by atoms with Crippen molar-refractivity contribution in [2.75, 3.05) is 20.3 Å². The third-order valence-electron chi connectivity index (χ3n) is 4.47. The van der Waals surface area contributed by atoms with Gasteiger partial charge in [0.05, 0.1) is 13.5 Å². The molecule has 0 saturated carbocycles. The number of hydrogen-bond donors (Lipinski definition) is 1. The van der Waals surface area contributed by atoms with Crippen molar-refractivity contribution in [3.8, 4) is 5.75 Å². The number of benzene rings is 3. The van der Waals surface area contributed by atoms with Gasteiger partial charge in [0.1, 0.15) is 5.75 Å². The molecule has 1 N–H and O–H groups in total. The molecule has 5 heteroatoms. The summed E-state index contributed by atoms with van der Waals surface area (Å²) in [5.41, 5.74) is 1.98. The second-order valence-corrected chi connectivity index (χ2v) is 6.42. The van der Waals surface area contributed by atoms with Crippen LogP contribution in [-0.4, -0.2) is 32.1 Å². The van der Waals surface area contributed by atoms with Crippen molar-refractivity contribution in [1.29, 1.82) is 0 Å². The largest absolute Gasteiger partial charge is 0.497 e. The Hall–Kier alpha value is -3.34. The number of ether oxygens (including phenoxy) is 2. The highest BCUT2D eigenvalue weighted by atomic mass is 16.5. The predicted octanol–water partition coefficient (Wildman–Crippen LogP) is 3.29. The van der Waals surface area contributed by atoms with Gasteiger partial charge in [-0.25, -0.2) is 0 Å². The summed E-state index contributed by atoms with van der Waals surface area (Å²) in [5.74, 6) is 0.0762. The summed E-state index contributed by atoms with van der Waals surface area (Å²) >= 11 is 0. The summed E-state index contributed by atoms with van der Waals surface area (Å²) in [6, 6.07) is 21.4. The average molecular weight is 377 g/mol. The van der Waals surface area contributed by atoms with E-state index in [1.807, 2.05) is 66.7 Å². The minimum Gasteiger partial charge on any atom is -0.497 e. The Morgan fingerprint density at radius 3 is 2.46 bits per heavy atom. The van der Waals surface area contributed by atoms with E-state index in [9.17, 15) is 9.59 Å². The average Bonchev–Trinajstić information content (AvgIpc) is 2.73. The highest BCUT2D eigenvalue weighted by Gasteiger charge is 2.10. The molecule has 0 aliphatic carbocycles. The van der Waals surface area contributed by atoms with Crippen molar-refractivity contribution in [3.05, 3.63) is 77.9 Å². The molecule has 0 radical (unpaired) electrons. The molecule has 0 aromatic heterocycles. The number of methoxy groups -OCH3 is 1. The zero-order chi connectivity index (χ0) is 19.8. The van der Waals surface area contributed by atoms with Crippen LogP contribution in [0, 0.1) is 0 Å². The lowest BCUT2D eigenvalue weighted by atomic mass is 10.0. The lowest BCUT2D eigenvalue weighted by molar-refractivity contribution is -0.147. The number of nitrogens with one attached hydrogen (secondary N) is 1. The van der Waals surface area contributed by atoms with Crippen molar-refractivity contribution >= 4 is 22.6 Å². The van der Waals surface area contributed by atoms with Gasteiger partial charge in [-0.1, -0.05) is 54.6 Å². The zero-order valence-corrected chi connectivity index (χ0v) is 15.8. The van der Waals surface area contributed by atoms with Crippen LogP contribution in [0.25, 0.3) is 10.8 Å². The van der Waals surface area contributed by atoms with E-state index in [4.69, 9.17) is 9.47 Å². The fourth-order valence-electron chi connectivity index (χ4n) is 2.99. The summed E-state index contributed by atoms with van der Waals surface area (Å²) in [6.07, 6.45) is 0.833. The van der Waals surface area contributed by atoms with Gasteiger partial charge < -0.3 is 14.8 Å². The van der Waals surface area contributed by atoms with Crippen LogP contribution in [0.15, 0.2) is 66.7 Å². The van der Waals surface area contributed by atoms with Gasteiger partial charge in [0, 0.05) is 6.54 Å². The molecule has 1 amide bonds. The highest BCUT2D eigenvalue weighted by molar-refractivity contribution is 5.89. The number of carbonyl (C=O) groups is 2. The Labute approximate surface area is 164 Å². The molecule has 28 heavy (non-hydrogen) atoms. The SMILES string of the molecule is COc1ccc(CCNC(=O)COC(=O)Cc2cccc3ccccc23)cc1. The molecule has 0 heterocycles. The number of fused-ring (bicyclic) bond motifs is 1. The molecule has 0 spiro atoms. The summed E-state index contributed by atoms with van der Waals surface area (Å²) in [4.78, 5) is 24.0. The van der Waals surface area contributed by atoms with Crippen molar-refractivity contribution in [2.45, 2.75) is 12.8 Å². The maximum Gasteiger partial charge on any atom is 0.310 e. The first-order chi connectivity index (χ1) is 13.7. The highest BCUT2D eigenvalue weighted by Crippen LogP contribution is 2.19. The second-order valence-electron chi connectivity index (χ2n) is 6.42. The van der Waals surface area contributed by atoms with E-state index in [2.05, 4.69) is 5.32 Å². The summed E-state index contributed by atoms with van der Waals surface area (Å²) in [6.45, 7) is 0.207. The zero-order valence-electron chi connectivity index (χ0n) is 15.8. The van der Waals surface area contributed by atoms with E-state index in [0.29, 0.717) is 13.0 Å². The number of carbonyl (C=O) groups excluding carboxylic acids is 2. The molecule has 3 rings (SSSR count). The topological polar surface area (TPSA) is 64.6 Å². The maximum absolute atomic E-state index is 12.1. The van der Waals surface area contributed by atoms with Gasteiger partial charge in [-0.2, -0.15) is 0 Å². The molecule has 0 fully saturated rings. The third-order valence-corrected chi connectivity index (χ3v) is 4.47. The first-order valence-corrected chi connectivity index (χ1v) is 9.17. The van der Waals surface area contributed by atoms with Gasteiger partial charge >= 0.3 is 5.97 Å². The van der Waals surface area contributed by atoms with Crippen molar-refractivity contribution < 1.29 is 19.1 Å². The maximum atomic E-state index is 12.1. The second kappa shape index (κ2) is 9.55. The van der Waals surface area contributed by atoms with E-state index in [-0.39, 0.29) is 18.9 Å². The van der Waals surface area contributed by atoms with Gasteiger partial charge in [0.25, 0.3) is 5.91 Å². The molecule has 5 nitrogen and oxygen atoms in total. The molecule has 0 bridgehead atoms. The molecule has 0 saturated heterocycles. The van der Waals surface area contributed by atoms with Crippen LogP contribution in [0.4, 0.5) is 0 Å². The standard InChI is InChI=1S/C23H23NO4/c1-27-20-11-9-17(10-12-20)13-14-24-22(25)16-28-23(26)15-19-7-4-6-18-5-2-3-8-21(18)19/h2-12H,13-16H2,1H3,(H,24,25). The number of esters is 1. The minimum absolute atomic E-state index is 0.139. The quantitative estimate of drug-likeness (QED) is 0.612. The smallest absolute Gasteiger partial charge is 0.310 e. The Balaban J connectivity index is 1.42. The van der Waals surface area contributed by atoms with Gasteiger partial charge in [0.15, 0.2) is 6.61 Å². The van der Waals surface area contributed by atoms with Crippen molar-refractivity contribution in [3.63, 3.8) is 0 Å². The Morgan fingerprint density at radius 1 is 0.929 bits per heavy atom. The Kier molecular flexibility index (Phi) is 6.63. The van der Waals surface area contributed by atoms with Crippen molar-refractivity contribution in [2.24, 2.45) is 0 Å². The van der Waals surface area contributed by atoms with Crippen molar-refractivity contribution in [1.82, 2.24) is 5.32 Å². The van der Waals surface area contributed by atoms with Crippen LogP contribution in [-0.2, 0) is 27.2 Å². The summed E-state index contributed by atoms with van der Waals surface area (Å²) in [7, 11) is 1.62. The van der Waals surface area contributed by atoms with Gasteiger partial charge in [0.2, 0.25) is 0 Å².